The molecule has 0 aromatic heterocycles. The number of amides is 1. The van der Waals surface area contributed by atoms with Gasteiger partial charge in [-0.2, -0.15) is 0 Å². The van der Waals surface area contributed by atoms with E-state index in [4.69, 9.17) is 9.47 Å². The normalized spacial score (nSPS) is 27.1. The molecule has 224 valence electrons. The topological polar surface area (TPSA) is 76.1 Å². The van der Waals surface area contributed by atoms with E-state index in [0.717, 1.165) is 24.0 Å². The van der Waals surface area contributed by atoms with Gasteiger partial charge in [-0.15, -0.1) is 0 Å². The molecule has 0 saturated heterocycles. The van der Waals surface area contributed by atoms with Crippen LogP contribution in [0.5, 0.6) is 0 Å². The van der Waals surface area contributed by atoms with Crippen LogP contribution in [0.1, 0.15) is 92.7 Å². The van der Waals surface area contributed by atoms with E-state index in [1.54, 1.807) is 27.7 Å². The number of esters is 1. The number of fused-ring (bicyclic) bond motifs is 2. The van der Waals surface area contributed by atoms with E-state index in [9.17, 15) is 14.7 Å². The van der Waals surface area contributed by atoms with Crippen LogP contribution in [0.4, 0.5) is 4.79 Å². The van der Waals surface area contributed by atoms with Gasteiger partial charge in [0.25, 0.3) is 0 Å². The molecule has 0 radical (unpaired) electrons. The van der Waals surface area contributed by atoms with Crippen LogP contribution in [-0.4, -0.2) is 45.4 Å². The van der Waals surface area contributed by atoms with Crippen molar-refractivity contribution in [2.45, 2.75) is 110 Å². The van der Waals surface area contributed by atoms with Gasteiger partial charge in [0.1, 0.15) is 17.6 Å². The quantitative estimate of drug-likeness (QED) is 0.325. The van der Waals surface area contributed by atoms with Crippen molar-refractivity contribution < 1.29 is 24.2 Å². The molecule has 6 nitrogen and oxygen atoms in total. The molecule has 3 atom stereocenters. The smallest absolute Gasteiger partial charge is 0.410 e. The summed E-state index contributed by atoms with van der Waals surface area (Å²) in [7, 11) is 0. The van der Waals surface area contributed by atoms with Crippen molar-refractivity contribution in [3.8, 4) is 0 Å². The summed E-state index contributed by atoms with van der Waals surface area (Å²) in [5.74, 6) is -0.153. The number of carbonyl (C=O) groups excluding carboxylic acids is 2. The van der Waals surface area contributed by atoms with Gasteiger partial charge in [0.15, 0.2) is 0 Å². The van der Waals surface area contributed by atoms with E-state index in [-0.39, 0.29) is 24.6 Å². The SMILES string of the molecule is CC(C)CN(C(=O)OCc1ccccc1)[C@@]12CC[C@@](C)(C1(C)C)[C@@](C(=O)OC(C)(C)C(C)(C)O)(c1ccccc1)C2. The van der Waals surface area contributed by atoms with Crippen LogP contribution in [0.25, 0.3) is 0 Å². The Balaban J connectivity index is 1.84. The minimum absolute atomic E-state index is 0.188. The van der Waals surface area contributed by atoms with E-state index in [1.807, 2.05) is 65.6 Å². The molecule has 2 saturated carbocycles. The first-order chi connectivity index (χ1) is 19.0. The Morgan fingerprint density at radius 1 is 0.927 bits per heavy atom. The Kier molecular flexibility index (Phi) is 7.92. The Labute approximate surface area is 246 Å². The average Bonchev–Trinajstić information content (AvgIpc) is 3.20. The van der Waals surface area contributed by atoms with Crippen LogP contribution in [0, 0.1) is 16.7 Å². The molecule has 2 aromatic rings. The molecular weight excluding hydrogens is 514 g/mol. The molecule has 1 amide bonds. The monoisotopic (exact) mass is 563 g/mol. The Bertz CT molecular complexity index is 1250. The summed E-state index contributed by atoms with van der Waals surface area (Å²) < 4.78 is 12.3. The highest BCUT2D eigenvalue weighted by Gasteiger charge is 2.80. The molecule has 2 fully saturated rings. The van der Waals surface area contributed by atoms with E-state index in [2.05, 4.69) is 34.6 Å². The Hall–Kier alpha value is -2.86. The van der Waals surface area contributed by atoms with Crippen molar-refractivity contribution in [3.05, 3.63) is 71.8 Å². The van der Waals surface area contributed by atoms with Crippen LogP contribution in [0.2, 0.25) is 0 Å². The predicted molar refractivity (Wildman–Crippen MR) is 161 cm³/mol. The number of ether oxygens (including phenoxy) is 2. The third-order valence-electron chi connectivity index (χ3n) is 11.0. The van der Waals surface area contributed by atoms with E-state index < -0.39 is 33.0 Å². The lowest BCUT2D eigenvalue weighted by atomic mass is 9.55. The molecule has 2 bridgehead atoms. The van der Waals surface area contributed by atoms with Crippen molar-refractivity contribution in [2.75, 3.05) is 6.54 Å². The second-order valence-corrected chi connectivity index (χ2v) is 14.4. The first-order valence-corrected chi connectivity index (χ1v) is 14.9. The van der Waals surface area contributed by atoms with Gasteiger partial charge in [-0.25, -0.2) is 4.79 Å². The molecule has 2 aliphatic rings. The fourth-order valence-electron chi connectivity index (χ4n) is 7.44. The Morgan fingerprint density at radius 3 is 2.02 bits per heavy atom. The highest BCUT2D eigenvalue weighted by molar-refractivity contribution is 5.87. The number of nitrogens with zero attached hydrogens (tertiary/aromatic N) is 1. The zero-order chi connectivity index (χ0) is 30.5. The van der Waals surface area contributed by atoms with Gasteiger partial charge in [-0.3, -0.25) is 4.79 Å². The minimum atomic E-state index is -1.25. The number of carbonyl (C=O) groups is 2. The molecule has 0 unspecified atom stereocenters. The zero-order valence-corrected chi connectivity index (χ0v) is 26.4. The van der Waals surface area contributed by atoms with Crippen LogP contribution in [0.3, 0.4) is 0 Å². The van der Waals surface area contributed by atoms with Gasteiger partial charge in [0.05, 0.1) is 11.1 Å². The average molecular weight is 564 g/mol. The molecule has 41 heavy (non-hydrogen) atoms. The lowest BCUT2D eigenvalue weighted by Crippen LogP contribution is -2.58. The second kappa shape index (κ2) is 10.4. The fourth-order valence-corrected chi connectivity index (χ4v) is 7.44. The standard InChI is InChI=1S/C35H49NO5/c1-25(2)22-36(29(38)40-23-26-16-12-10-13-17-26)34-21-20-33(9,30(34,3)4)35(24-34,27-18-14-11-15-19-27)28(37)41-32(7,8)31(5,6)39/h10-19,25,39H,20-24H2,1-9H3/t33-,34+,35+/m0/s1. The fraction of sp³-hybridized carbons (Fsp3) is 0.600. The first kappa shape index (κ1) is 31.1. The first-order valence-electron chi connectivity index (χ1n) is 14.9. The molecule has 0 aliphatic heterocycles. The van der Waals surface area contributed by atoms with Crippen molar-refractivity contribution >= 4 is 12.1 Å². The maximum atomic E-state index is 14.7. The lowest BCUT2D eigenvalue weighted by molar-refractivity contribution is -0.193. The number of benzene rings is 2. The van der Waals surface area contributed by atoms with E-state index in [0.29, 0.717) is 13.0 Å². The van der Waals surface area contributed by atoms with Gasteiger partial charge in [0, 0.05) is 6.54 Å². The summed E-state index contributed by atoms with van der Waals surface area (Å²) >= 11 is 0. The molecule has 0 spiro atoms. The molecular formula is C35H49NO5. The maximum absolute atomic E-state index is 14.7. The van der Waals surface area contributed by atoms with Gasteiger partial charge < -0.3 is 19.5 Å². The van der Waals surface area contributed by atoms with Crippen molar-refractivity contribution in [2.24, 2.45) is 16.7 Å². The molecule has 0 heterocycles. The third-order valence-corrected chi connectivity index (χ3v) is 11.0. The lowest BCUT2D eigenvalue weighted by Gasteiger charge is -2.49. The maximum Gasteiger partial charge on any atom is 0.410 e. The molecule has 6 heteroatoms. The molecule has 2 aromatic carbocycles. The van der Waals surface area contributed by atoms with Crippen LogP contribution >= 0.6 is 0 Å². The summed E-state index contributed by atoms with van der Waals surface area (Å²) in [4.78, 5) is 30.7. The second-order valence-electron chi connectivity index (χ2n) is 14.4. The van der Waals surface area contributed by atoms with Crippen molar-refractivity contribution in [3.63, 3.8) is 0 Å². The van der Waals surface area contributed by atoms with E-state index >= 15 is 0 Å². The van der Waals surface area contributed by atoms with Crippen LogP contribution in [-0.2, 0) is 26.3 Å². The van der Waals surface area contributed by atoms with Crippen molar-refractivity contribution in [1.29, 1.82) is 0 Å². The summed E-state index contributed by atoms with van der Waals surface area (Å²) in [5, 5.41) is 10.9. The van der Waals surface area contributed by atoms with Crippen molar-refractivity contribution in [1.82, 2.24) is 4.90 Å². The molecule has 1 N–H and O–H groups in total. The van der Waals surface area contributed by atoms with Gasteiger partial charge in [-0.05, 0) is 74.8 Å². The summed E-state index contributed by atoms with van der Waals surface area (Å²) in [6, 6.07) is 19.6. The van der Waals surface area contributed by atoms with Gasteiger partial charge in [-0.1, -0.05) is 95.3 Å². The van der Waals surface area contributed by atoms with Crippen LogP contribution < -0.4 is 0 Å². The van der Waals surface area contributed by atoms with Gasteiger partial charge >= 0.3 is 12.1 Å². The molecule has 4 rings (SSSR count). The summed E-state index contributed by atoms with van der Waals surface area (Å²) in [5.41, 5.74) is -3.25. The molecule has 2 aliphatic carbocycles. The summed E-state index contributed by atoms with van der Waals surface area (Å²) in [6.07, 6.45) is 1.57. The third kappa shape index (κ3) is 4.76. The van der Waals surface area contributed by atoms with Gasteiger partial charge in [0.2, 0.25) is 0 Å². The number of hydrogen-bond donors (Lipinski definition) is 1. The highest BCUT2D eigenvalue weighted by Crippen LogP contribution is 2.77. The number of aliphatic hydroxyl groups is 1. The number of rotatable bonds is 9. The van der Waals surface area contributed by atoms with E-state index in [1.165, 1.54) is 0 Å². The summed E-state index contributed by atoms with van der Waals surface area (Å²) in [6.45, 7) is 18.4. The zero-order valence-electron chi connectivity index (χ0n) is 26.4. The van der Waals surface area contributed by atoms with Crippen LogP contribution in [0.15, 0.2) is 60.7 Å². The Morgan fingerprint density at radius 2 is 1.49 bits per heavy atom. The number of hydrogen-bond acceptors (Lipinski definition) is 5. The predicted octanol–water partition coefficient (Wildman–Crippen LogP) is 7.28. The largest absolute Gasteiger partial charge is 0.456 e. The minimum Gasteiger partial charge on any atom is -0.456 e. The highest BCUT2D eigenvalue weighted by atomic mass is 16.6.